The molecule has 1 rings (SSSR count). The third-order valence-electron chi connectivity index (χ3n) is 6.15. The van der Waals surface area contributed by atoms with E-state index in [1.165, 1.54) is 95.5 Å². The number of carbonyl (C=O) groups is 2. The molecule has 0 saturated carbocycles. The van der Waals surface area contributed by atoms with Gasteiger partial charge in [-0.3, -0.25) is 9.59 Å². The monoisotopic (exact) mass is 430 g/mol. The van der Waals surface area contributed by atoms with Crippen molar-refractivity contribution in [3.8, 4) is 0 Å². The third kappa shape index (κ3) is 14.9. The molecule has 0 radical (unpaired) electrons. The second kappa shape index (κ2) is 18.0. The maximum Gasteiger partial charge on any atom is 0.303 e. The van der Waals surface area contributed by atoms with E-state index >= 15 is 0 Å². The maximum atomic E-state index is 12.3. The van der Waals surface area contributed by atoms with Gasteiger partial charge >= 0.3 is 5.97 Å². The highest BCUT2D eigenvalue weighted by Crippen LogP contribution is 2.16. The first-order chi connectivity index (χ1) is 15.0. The summed E-state index contributed by atoms with van der Waals surface area (Å²) in [4.78, 5) is 23.0. The Hall–Kier alpha value is -1.64. The molecule has 1 aromatic rings. The predicted molar refractivity (Wildman–Crippen MR) is 131 cm³/mol. The van der Waals surface area contributed by atoms with E-state index in [9.17, 15) is 9.59 Å². The molecule has 31 heavy (non-hydrogen) atoms. The van der Waals surface area contributed by atoms with Crippen LogP contribution in [0.15, 0.2) is 24.3 Å². The second-order valence-corrected chi connectivity index (χ2v) is 9.37. The van der Waals surface area contributed by atoms with Crippen LogP contribution in [0.1, 0.15) is 133 Å². The summed E-state index contributed by atoms with van der Waals surface area (Å²) in [5.74, 6) is -0.930. The third-order valence-corrected chi connectivity index (χ3v) is 6.15. The number of rotatable bonds is 20. The summed E-state index contributed by atoms with van der Waals surface area (Å²) >= 11 is 0. The van der Waals surface area contributed by atoms with Crippen molar-refractivity contribution >= 4 is 11.8 Å². The highest BCUT2D eigenvalue weighted by molar-refractivity contribution is 5.96. The van der Waals surface area contributed by atoms with Gasteiger partial charge < -0.3 is 5.11 Å². The maximum absolute atomic E-state index is 12.3. The summed E-state index contributed by atoms with van der Waals surface area (Å²) in [6.45, 7) is 4.09. The first kappa shape index (κ1) is 27.4. The summed E-state index contributed by atoms with van der Waals surface area (Å²) in [5.41, 5.74) is 1.98. The fourth-order valence-electron chi connectivity index (χ4n) is 4.19. The smallest absolute Gasteiger partial charge is 0.303 e. The molecule has 0 heterocycles. The number of carbonyl (C=O) groups excluding carboxylic acids is 1. The van der Waals surface area contributed by atoms with Gasteiger partial charge in [0, 0.05) is 18.4 Å². The molecule has 0 bridgehead atoms. The summed E-state index contributed by atoms with van der Waals surface area (Å²) < 4.78 is 0. The lowest BCUT2D eigenvalue weighted by molar-refractivity contribution is -0.137. The SMILES string of the molecule is CCCCCCCCCCCCCCCCc1ccc(C(=O)CC(C)CC(=O)O)cc1. The van der Waals surface area contributed by atoms with Gasteiger partial charge in [0.1, 0.15) is 0 Å². The lowest BCUT2D eigenvalue weighted by Crippen LogP contribution is -2.10. The van der Waals surface area contributed by atoms with E-state index in [1.807, 2.05) is 19.1 Å². The van der Waals surface area contributed by atoms with Gasteiger partial charge in [-0.15, -0.1) is 0 Å². The molecule has 3 nitrogen and oxygen atoms in total. The lowest BCUT2D eigenvalue weighted by atomic mass is 9.96. The molecule has 0 saturated heterocycles. The van der Waals surface area contributed by atoms with Crippen molar-refractivity contribution in [2.45, 2.75) is 123 Å². The summed E-state index contributed by atoms with van der Waals surface area (Å²) in [7, 11) is 0. The Bertz CT molecular complexity index is 591. The first-order valence-electron chi connectivity index (χ1n) is 12.9. The van der Waals surface area contributed by atoms with Crippen molar-refractivity contribution in [1.82, 2.24) is 0 Å². The number of unbranched alkanes of at least 4 members (excludes halogenated alkanes) is 13. The number of ketones is 1. The molecule has 1 unspecified atom stereocenters. The molecule has 0 aliphatic rings. The highest BCUT2D eigenvalue weighted by Gasteiger charge is 2.14. The number of Topliss-reactive ketones (excluding diaryl/α,β-unsaturated/α-hetero) is 1. The van der Waals surface area contributed by atoms with Crippen LogP contribution in [0.2, 0.25) is 0 Å². The Labute approximate surface area is 191 Å². The van der Waals surface area contributed by atoms with Crippen molar-refractivity contribution in [1.29, 1.82) is 0 Å². The zero-order valence-electron chi connectivity index (χ0n) is 20.2. The Morgan fingerprint density at radius 3 is 1.61 bits per heavy atom. The minimum atomic E-state index is -0.844. The minimum Gasteiger partial charge on any atom is -0.481 e. The van der Waals surface area contributed by atoms with Crippen LogP contribution in [0, 0.1) is 5.92 Å². The van der Waals surface area contributed by atoms with Crippen LogP contribution < -0.4 is 0 Å². The van der Waals surface area contributed by atoms with Gasteiger partial charge in [0.25, 0.3) is 0 Å². The number of aliphatic carboxylic acids is 1. The molecule has 0 amide bonds. The standard InChI is InChI=1S/C28H46O3/c1-3-4-5-6-7-8-9-10-11-12-13-14-15-16-17-25-18-20-26(21-19-25)27(29)22-24(2)23-28(30)31/h18-21,24H,3-17,22-23H2,1-2H3,(H,30,31). The number of aryl methyl sites for hydroxylation is 1. The Morgan fingerprint density at radius 2 is 1.16 bits per heavy atom. The number of hydrogen-bond donors (Lipinski definition) is 1. The Balaban J connectivity index is 2.02. The van der Waals surface area contributed by atoms with Gasteiger partial charge in [-0.25, -0.2) is 0 Å². The molecular weight excluding hydrogens is 384 g/mol. The van der Waals surface area contributed by atoms with Crippen LogP contribution in [0.25, 0.3) is 0 Å². The highest BCUT2D eigenvalue weighted by atomic mass is 16.4. The van der Waals surface area contributed by atoms with Gasteiger partial charge in [0.05, 0.1) is 0 Å². The van der Waals surface area contributed by atoms with Crippen LogP contribution in [-0.4, -0.2) is 16.9 Å². The van der Waals surface area contributed by atoms with E-state index < -0.39 is 5.97 Å². The lowest BCUT2D eigenvalue weighted by Gasteiger charge is -2.08. The molecule has 176 valence electrons. The van der Waals surface area contributed by atoms with Crippen LogP contribution >= 0.6 is 0 Å². The van der Waals surface area contributed by atoms with Crippen LogP contribution in [0.4, 0.5) is 0 Å². The molecule has 0 aromatic heterocycles. The Kier molecular flexibility index (Phi) is 15.9. The summed E-state index contributed by atoms with van der Waals surface area (Å²) in [6, 6.07) is 7.90. The average molecular weight is 431 g/mol. The molecule has 3 heteroatoms. The van der Waals surface area contributed by atoms with Crippen molar-refractivity contribution in [2.75, 3.05) is 0 Å². The largest absolute Gasteiger partial charge is 0.481 e. The van der Waals surface area contributed by atoms with Crippen molar-refractivity contribution in [2.24, 2.45) is 5.92 Å². The van der Waals surface area contributed by atoms with Gasteiger partial charge in [-0.05, 0) is 24.3 Å². The summed E-state index contributed by atoms with van der Waals surface area (Å²) in [5, 5.41) is 8.82. The van der Waals surface area contributed by atoms with E-state index in [-0.39, 0.29) is 18.1 Å². The molecule has 0 aliphatic heterocycles. The molecular formula is C28H46O3. The zero-order valence-corrected chi connectivity index (χ0v) is 20.2. The molecule has 0 fully saturated rings. The van der Waals surface area contributed by atoms with E-state index in [0.717, 1.165) is 6.42 Å². The second-order valence-electron chi connectivity index (χ2n) is 9.37. The number of benzene rings is 1. The number of carboxylic acid groups (broad SMARTS) is 1. The number of hydrogen-bond acceptors (Lipinski definition) is 2. The van der Waals surface area contributed by atoms with Gasteiger partial charge in [-0.2, -0.15) is 0 Å². The van der Waals surface area contributed by atoms with Crippen LogP contribution in [-0.2, 0) is 11.2 Å². The van der Waals surface area contributed by atoms with E-state index in [1.54, 1.807) is 0 Å². The van der Waals surface area contributed by atoms with Crippen LogP contribution in [0.3, 0.4) is 0 Å². The Morgan fingerprint density at radius 1 is 0.710 bits per heavy atom. The van der Waals surface area contributed by atoms with Crippen LogP contribution in [0.5, 0.6) is 0 Å². The topological polar surface area (TPSA) is 54.4 Å². The first-order valence-corrected chi connectivity index (χ1v) is 12.9. The quantitative estimate of drug-likeness (QED) is 0.167. The van der Waals surface area contributed by atoms with E-state index in [4.69, 9.17) is 5.11 Å². The molecule has 1 atom stereocenters. The van der Waals surface area contributed by atoms with Gasteiger partial charge in [-0.1, -0.05) is 122 Å². The van der Waals surface area contributed by atoms with Crippen molar-refractivity contribution in [3.05, 3.63) is 35.4 Å². The minimum absolute atomic E-state index is 0.0387. The van der Waals surface area contributed by atoms with E-state index in [0.29, 0.717) is 12.0 Å². The predicted octanol–water partition coefficient (Wildman–Crippen LogP) is 8.39. The van der Waals surface area contributed by atoms with Crippen molar-refractivity contribution < 1.29 is 14.7 Å². The van der Waals surface area contributed by atoms with Crippen molar-refractivity contribution in [3.63, 3.8) is 0 Å². The number of carboxylic acids is 1. The molecule has 0 aliphatic carbocycles. The normalized spacial score (nSPS) is 12.1. The van der Waals surface area contributed by atoms with Gasteiger partial charge in [0.2, 0.25) is 0 Å². The fraction of sp³-hybridized carbons (Fsp3) is 0.714. The average Bonchev–Trinajstić information content (AvgIpc) is 2.73. The molecule has 1 aromatic carbocycles. The molecule has 1 N–H and O–H groups in total. The molecule has 0 spiro atoms. The zero-order chi connectivity index (χ0) is 22.7. The fourth-order valence-corrected chi connectivity index (χ4v) is 4.19. The van der Waals surface area contributed by atoms with E-state index in [2.05, 4.69) is 19.1 Å². The van der Waals surface area contributed by atoms with Gasteiger partial charge in [0.15, 0.2) is 5.78 Å². The summed E-state index contributed by atoms with van der Waals surface area (Å²) in [6.07, 6.45) is 20.7.